The quantitative estimate of drug-likeness (QED) is 0.438. The van der Waals surface area contributed by atoms with Crippen molar-refractivity contribution in [3.63, 3.8) is 0 Å². The highest BCUT2D eigenvalue weighted by molar-refractivity contribution is 6.00. The van der Waals surface area contributed by atoms with Gasteiger partial charge in [-0.1, -0.05) is 36.0 Å². The van der Waals surface area contributed by atoms with Crippen molar-refractivity contribution in [2.45, 2.75) is 19.3 Å². The lowest BCUT2D eigenvalue weighted by molar-refractivity contribution is -0.168. The fourth-order valence-corrected chi connectivity index (χ4v) is 2.14. The first-order chi connectivity index (χ1) is 9.60. The zero-order valence-electron chi connectivity index (χ0n) is 11.7. The third-order valence-corrected chi connectivity index (χ3v) is 3.16. The molecule has 0 unspecified atom stereocenters. The number of rotatable bonds is 5. The van der Waals surface area contributed by atoms with Crippen molar-refractivity contribution in [2.24, 2.45) is 5.41 Å². The second kappa shape index (κ2) is 7.34. The minimum atomic E-state index is -1.48. The van der Waals surface area contributed by atoms with Crippen molar-refractivity contribution in [1.29, 1.82) is 0 Å². The van der Waals surface area contributed by atoms with Crippen molar-refractivity contribution in [3.8, 4) is 12.3 Å². The van der Waals surface area contributed by atoms with Gasteiger partial charge in [0.25, 0.3) is 0 Å². The summed E-state index contributed by atoms with van der Waals surface area (Å²) in [5, 5.41) is 0. The monoisotopic (exact) mass is 274 g/mol. The van der Waals surface area contributed by atoms with Crippen LogP contribution in [0.15, 0.2) is 36.0 Å². The number of hydrogen-bond acceptors (Lipinski definition) is 4. The van der Waals surface area contributed by atoms with Gasteiger partial charge >= 0.3 is 11.9 Å². The lowest BCUT2D eigenvalue weighted by atomic mass is 9.78. The Labute approximate surface area is 119 Å². The number of methoxy groups -OCH3 is 2. The summed E-state index contributed by atoms with van der Waals surface area (Å²) in [6, 6.07) is 0. The van der Waals surface area contributed by atoms with Crippen molar-refractivity contribution < 1.29 is 19.1 Å². The molecule has 0 spiro atoms. The van der Waals surface area contributed by atoms with Crippen LogP contribution in [0.4, 0.5) is 0 Å². The lowest BCUT2D eigenvalue weighted by Gasteiger charge is -2.27. The maximum Gasteiger partial charge on any atom is 0.324 e. The molecule has 0 bridgehead atoms. The normalized spacial score (nSPS) is 13.9. The summed E-state index contributed by atoms with van der Waals surface area (Å²) in [4.78, 5) is 24.2. The van der Waals surface area contributed by atoms with E-state index in [-0.39, 0.29) is 12.8 Å². The predicted octanol–water partition coefficient (Wildman–Crippen LogP) is 2.17. The van der Waals surface area contributed by atoms with Crippen molar-refractivity contribution in [3.05, 3.63) is 36.0 Å². The molecule has 4 nitrogen and oxygen atoms in total. The molecule has 0 aromatic carbocycles. The van der Waals surface area contributed by atoms with Crippen LogP contribution in [0.25, 0.3) is 0 Å². The molecule has 0 saturated heterocycles. The van der Waals surface area contributed by atoms with Gasteiger partial charge in [0.1, 0.15) is 0 Å². The van der Waals surface area contributed by atoms with Crippen LogP contribution >= 0.6 is 0 Å². The molecule has 0 heterocycles. The minimum absolute atomic E-state index is 0.0584. The van der Waals surface area contributed by atoms with Crippen LogP contribution in [0.3, 0.4) is 0 Å². The molecule has 0 aromatic heterocycles. The van der Waals surface area contributed by atoms with E-state index >= 15 is 0 Å². The molecule has 0 atom stereocenters. The summed E-state index contributed by atoms with van der Waals surface area (Å²) in [5.41, 5.74) is -0.558. The van der Waals surface area contributed by atoms with E-state index < -0.39 is 17.4 Å². The number of carbonyl (C=O) groups excluding carboxylic acids is 2. The van der Waals surface area contributed by atoms with E-state index in [0.717, 1.165) is 5.57 Å². The molecule has 4 heteroatoms. The Morgan fingerprint density at radius 1 is 1.25 bits per heavy atom. The Hall–Kier alpha value is -2.28. The van der Waals surface area contributed by atoms with Crippen molar-refractivity contribution in [2.75, 3.05) is 14.2 Å². The fourth-order valence-electron chi connectivity index (χ4n) is 2.14. The molecule has 1 aliphatic rings. The third kappa shape index (κ3) is 3.39. The van der Waals surface area contributed by atoms with Gasteiger partial charge in [-0.2, -0.15) is 0 Å². The second-order valence-electron chi connectivity index (χ2n) is 4.47. The molecular formula is C16H18O4. The molecule has 106 valence electrons. The van der Waals surface area contributed by atoms with E-state index in [9.17, 15) is 9.59 Å². The Morgan fingerprint density at radius 3 is 2.45 bits per heavy atom. The van der Waals surface area contributed by atoms with E-state index in [2.05, 4.69) is 5.92 Å². The highest BCUT2D eigenvalue weighted by Gasteiger charge is 2.48. The Kier molecular flexibility index (Phi) is 5.79. The molecule has 0 radical (unpaired) electrons. The first-order valence-corrected chi connectivity index (χ1v) is 6.22. The smallest absolute Gasteiger partial charge is 0.324 e. The first kappa shape index (κ1) is 15.8. The first-order valence-electron chi connectivity index (χ1n) is 6.22. The molecule has 1 rings (SSSR count). The van der Waals surface area contributed by atoms with Crippen LogP contribution in [0, 0.1) is 17.8 Å². The topological polar surface area (TPSA) is 52.6 Å². The Morgan fingerprint density at radius 2 is 1.90 bits per heavy atom. The summed E-state index contributed by atoms with van der Waals surface area (Å²) in [6.45, 7) is 0. The average molecular weight is 274 g/mol. The van der Waals surface area contributed by atoms with Crippen LogP contribution in [0.1, 0.15) is 19.3 Å². The summed E-state index contributed by atoms with van der Waals surface area (Å²) < 4.78 is 9.53. The third-order valence-electron chi connectivity index (χ3n) is 3.16. The van der Waals surface area contributed by atoms with Gasteiger partial charge in [-0.25, -0.2) is 0 Å². The van der Waals surface area contributed by atoms with Crippen LogP contribution < -0.4 is 0 Å². The maximum absolute atomic E-state index is 12.1. The second-order valence-corrected chi connectivity index (χ2v) is 4.47. The number of carbonyl (C=O) groups is 2. The highest BCUT2D eigenvalue weighted by Crippen LogP contribution is 2.35. The molecule has 0 saturated carbocycles. The molecule has 0 N–H and O–H groups in total. The molecule has 0 aromatic rings. The summed E-state index contributed by atoms with van der Waals surface area (Å²) in [7, 11) is 2.47. The van der Waals surface area contributed by atoms with Gasteiger partial charge in [-0.15, -0.1) is 12.3 Å². The zero-order valence-corrected chi connectivity index (χ0v) is 11.7. The fraction of sp³-hybridized carbons (Fsp3) is 0.375. The molecule has 0 aliphatic heterocycles. The standard InChI is InChI=1S/C16H18O4/c1-4-11-16(14(17)19-2,15(18)20-3)12-13-9-7-5-6-8-10-13/h1,5-9H,10-12H2,2-3H3. The zero-order chi connectivity index (χ0) is 15.0. The SMILES string of the molecule is C#CCC(CC1=CC=CC=CC1)(C(=O)OC)C(=O)OC. The van der Waals surface area contributed by atoms with Crippen molar-refractivity contribution >= 4 is 11.9 Å². The summed E-state index contributed by atoms with van der Waals surface area (Å²) in [6.07, 6.45) is 15.6. The molecule has 0 fully saturated rings. The number of ether oxygens (including phenoxy) is 2. The van der Waals surface area contributed by atoms with E-state index in [1.165, 1.54) is 14.2 Å². The van der Waals surface area contributed by atoms with Crippen LogP contribution in [0.2, 0.25) is 0 Å². The van der Waals surface area contributed by atoms with E-state index in [1.54, 1.807) is 0 Å². The number of esters is 2. The van der Waals surface area contributed by atoms with Gasteiger partial charge in [0.15, 0.2) is 5.41 Å². The van der Waals surface area contributed by atoms with E-state index in [0.29, 0.717) is 6.42 Å². The van der Waals surface area contributed by atoms with Gasteiger partial charge in [0.2, 0.25) is 0 Å². The van der Waals surface area contributed by atoms with Gasteiger partial charge < -0.3 is 9.47 Å². The predicted molar refractivity (Wildman–Crippen MR) is 75.5 cm³/mol. The summed E-state index contributed by atoms with van der Waals surface area (Å²) in [5.74, 6) is 1.05. The maximum atomic E-state index is 12.1. The van der Waals surface area contributed by atoms with Crippen LogP contribution in [-0.2, 0) is 19.1 Å². The molecule has 0 amide bonds. The van der Waals surface area contributed by atoms with Crippen LogP contribution in [0.5, 0.6) is 0 Å². The highest BCUT2D eigenvalue weighted by atomic mass is 16.5. The van der Waals surface area contributed by atoms with Gasteiger partial charge in [-0.05, 0) is 12.8 Å². The largest absolute Gasteiger partial charge is 0.468 e. The van der Waals surface area contributed by atoms with Gasteiger partial charge in [-0.3, -0.25) is 9.59 Å². The van der Waals surface area contributed by atoms with Gasteiger partial charge in [0.05, 0.1) is 14.2 Å². The number of allylic oxidation sites excluding steroid dienone is 6. The van der Waals surface area contributed by atoms with Crippen molar-refractivity contribution in [1.82, 2.24) is 0 Å². The van der Waals surface area contributed by atoms with E-state index in [1.807, 2.05) is 30.4 Å². The molecule has 20 heavy (non-hydrogen) atoms. The molecule has 1 aliphatic carbocycles. The van der Waals surface area contributed by atoms with Gasteiger partial charge in [0, 0.05) is 6.42 Å². The molecular weight excluding hydrogens is 256 g/mol. The number of terminal acetylenes is 1. The lowest BCUT2D eigenvalue weighted by Crippen LogP contribution is -2.41. The Bertz CT molecular complexity index is 487. The Balaban J connectivity index is 3.15. The summed E-state index contributed by atoms with van der Waals surface area (Å²) >= 11 is 0. The average Bonchev–Trinajstić information content (AvgIpc) is 2.73. The minimum Gasteiger partial charge on any atom is -0.468 e. The van der Waals surface area contributed by atoms with E-state index in [4.69, 9.17) is 15.9 Å². The van der Waals surface area contributed by atoms with Crippen LogP contribution in [-0.4, -0.2) is 26.2 Å². The number of hydrogen-bond donors (Lipinski definition) is 0.